The van der Waals surface area contributed by atoms with Crippen LogP contribution < -0.4 is 4.90 Å². The van der Waals surface area contributed by atoms with Crippen LogP contribution in [0.5, 0.6) is 0 Å². The van der Waals surface area contributed by atoms with Crippen molar-refractivity contribution >= 4 is 22.7 Å². The van der Waals surface area contributed by atoms with Crippen LogP contribution in [0.1, 0.15) is 15.9 Å². The second kappa shape index (κ2) is 5.52. The Morgan fingerprint density at radius 2 is 1.73 bits per heavy atom. The number of nitrogens with zero attached hydrogens (tertiary/aromatic N) is 2. The molecule has 0 atom stereocenters. The maximum Gasteiger partial charge on any atom is 0.258 e. The Balaban J connectivity index is 1.56. The molecule has 1 aromatic heterocycles. The number of carbonyl (C=O) groups excluding carboxylic acids is 1. The van der Waals surface area contributed by atoms with Crippen LogP contribution in [0.25, 0.3) is 22.6 Å². The SMILES string of the molecule is O=C1c2ccccc2CN1c1ccc2nc(-c3ccccc3F)oc2c1. The summed E-state index contributed by atoms with van der Waals surface area (Å²) in [5.41, 5.74) is 3.91. The molecule has 1 aliphatic heterocycles. The standard InChI is InChI=1S/C21H13FN2O2/c22-17-8-4-3-7-16(17)20-23-18-10-9-14(11-19(18)26-20)24-12-13-5-1-2-6-15(13)21(24)25/h1-11H,12H2. The number of benzene rings is 3. The van der Waals surface area contributed by atoms with Gasteiger partial charge in [0.05, 0.1) is 12.1 Å². The topological polar surface area (TPSA) is 46.3 Å². The van der Waals surface area contributed by atoms with Gasteiger partial charge in [0.15, 0.2) is 5.58 Å². The number of amides is 1. The second-order valence-corrected chi connectivity index (χ2v) is 6.20. The number of hydrogen-bond donors (Lipinski definition) is 0. The van der Waals surface area contributed by atoms with Gasteiger partial charge in [-0.2, -0.15) is 0 Å². The molecule has 0 fully saturated rings. The van der Waals surface area contributed by atoms with Crippen molar-refractivity contribution in [3.63, 3.8) is 0 Å². The van der Waals surface area contributed by atoms with Gasteiger partial charge < -0.3 is 9.32 Å². The zero-order valence-corrected chi connectivity index (χ0v) is 13.6. The number of rotatable bonds is 2. The number of halogens is 1. The van der Waals surface area contributed by atoms with E-state index in [9.17, 15) is 9.18 Å². The highest BCUT2D eigenvalue weighted by Gasteiger charge is 2.28. The maximum absolute atomic E-state index is 14.0. The normalized spacial score (nSPS) is 13.4. The first-order chi connectivity index (χ1) is 12.7. The number of hydrogen-bond acceptors (Lipinski definition) is 3. The third kappa shape index (κ3) is 2.21. The molecule has 5 heteroatoms. The molecule has 126 valence electrons. The van der Waals surface area contributed by atoms with Crippen LogP contribution in [0.15, 0.2) is 71.1 Å². The van der Waals surface area contributed by atoms with Crippen molar-refractivity contribution in [3.05, 3.63) is 83.7 Å². The van der Waals surface area contributed by atoms with E-state index in [0.29, 0.717) is 23.2 Å². The Bertz CT molecular complexity index is 1170. The number of anilines is 1. The highest BCUT2D eigenvalue weighted by Crippen LogP contribution is 2.32. The average molecular weight is 344 g/mol. The molecule has 0 saturated carbocycles. The van der Waals surface area contributed by atoms with Gasteiger partial charge in [-0.25, -0.2) is 9.37 Å². The fourth-order valence-corrected chi connectivity index (χ4v) is 3.29. The van der Waals surface area contributed by atoms with Crippen LogP contribution >= 0.6 is 0 Å². The van der Waals surface area contributed by atoms with Crippen molar-refractivity contribution in [2.75, 3.05) is 4.90 Å². The minimum atomic E-state index is -0.385. The van der Waals surface area contributed by atoms with E-state index in [1.54, 1.807) is 35.2 Å². The molecule has 0 unspecified atom stereocenters. The van der Waals surface area contributed by atoms with Crippen LogP contribution in [-0.2, 0) is 6.54 Å². The van der Waals surface area contributed by atoms with Crippen molar-refractivity contribution < 1.29 is 13.6 Å². The van der Waals surface area contributed by atoms with Crippen molar-refractivity contribution in [1.29, 1.82) is 0 Å². The molecule has 1 aliphatic rings. The Labute approximate surface area is 148 Å². The zero-order valence-electron chi connectivity index (χ0n) is 13.6. The van der Waals surface area contributed by atoms with E-state index >= 15 is 0 Å². The van der Waals surface area contributed by atoms with Crippen molar-refractivity contribution in [1.82, 2.24) is 4.98 Å². The molecule has 4 aromatic rings. The molecular formula is C21H13FN2O2. The summed E-state index contributed by atoms with van der Waals surface area (Å²) in [7, 11) is 0. The molecule has 26 heavy (non-hydrogen) atoms. The minimum Gasteiger partial charge on any atom is -0.436 e. The van der Waals surface area contributed by atoms with Crippen LogP contribution in [0.4, 0.5) is 10.1 Å². The number of fused-ring (bicyclic) bond motifs is 2. The van der Waals surface area contributed by atoms with Crippen LogP contribution in [0, 0.1) is 5.82 Å². The van der Waals surface area contributed by atoms with Gasteiger partial charge in [-0.15, -0.1) is 0 Å². The summed E-state index contributed by atoms with van der Waals surface area (Å²) in [4.78, 5) is 18.7. The Morgan fingerprint density at radius 1 is 0.962 bits per heavy atom. The average Bonchev–Trinajstić information content (AvgIpc) is 3.23. The zero-order chi connectivity index (χ0) is 17.7. The van der Waals surface area contributed by atoms with Crippen LogP contribution in [-0.4, -0.2) is 10.9 Å². The summed E-state index contributed by atoms with van der Waals surface area (Å²) in [5.74, 6) is -0.190. The maximum atomic E-state index is 14.0. The molecule has 0 radical (unpaired) electrons. The van der Waals surface area contributed by atoms with E-state index < -0.39 is 0 Å². The van der Waals surface area contributed by atoms with Crippen LogP contribution in [0.3, 0.4) is 0 Å². The summed E-state index contributed by atoms with van der Waals surface area (Å²) >= 11 is 0. The first-order valence-corrected chi connectivity index (χ1v) is 8.26. The lowest BCUT2D eigenvalue weighted by Crippen LogP contribution is -2.22. The molecule has 5 rings (SSSR count). The second-order valence-electron chi connectivity index (χ2n) is 6.20. The van der Waals surface area contributed by atoms with Crippen molar-refractivity contribution in [2.24, 2.45) is 0 Å². The number of oxazole rings is 1. The van der Waals surface area contributed by atoms with Gasteiger partial charge in [0, 0.05) is 17.3 Å². The lowest BCUT2D eigenvalue weighted by molar-refractivity contribution is 0.0996. The summed E-state index contributed by atoms with van der Waals surface area (Å²) in [6.45, 7) is 0.523. The Morgan fingerprint density at radius 3 is 2.54 bits per heavy atom. The summed E-state index contributed by atoms with van der Waals surface area (Å²) < 4.78 is 19.7. The molecule has 1 amide bonds. The fourth-order valence-electron chi connectivity index (χ4n) is 3.29. The monoisotopic (exact) mass is 344 g/mol. The molecule has 0 aliphatic carbocycles. The van der Waals surface area contributed by atoms with Gasteiger partial charge in [-0.1, -0.05) is 30.3 Å². The molecule has 0 spiro atoms. The third-order valence-corrected chi connectivity index (χ3v) is 4.61. The summed E-state index contributed by atoms with van der Waals surface area (Å²) in [5, 5.41) is 0. The predicted octanol–water partition coefficient (Wildman–Crippen LogP) is 4.79. The molecule has 4 nitrogen and oxygen atoms in total. The van der Waals surface area contributed by atoms with E-state index in [1.165, 1.54) is 6.07 Å². The lowest BCUT2D eigenvalue weighted by atomic mass is 10.1. The van der Waals surface area contributed by atoms with Gasteiger partial charge in [0.2, 0.25) is 5.89 Å². The molecule has 2 heterocycles. The van der Waals surface area contributed by atoms with Crippen molar-refractivity contribution in [3.8, 4) is 11.5 Å². The van der Waals surface area contributed by atoms with Gasteiger partial charge in [0.1, 0.15) is 11.3 Å². The predicted molar refractivity (Wildman–Crippen MR) is 96.4 cm³/mol. The smallest absolute Gasteiger partial charge is 0.258 e. The molecule has 3 aromatic carbocycles. The number of aromatic nitrogens is 1. The largest absolute Gasteiger partial charge is 0.436 e. The van der Waals surface area contributed by atoms with E-state index in [-0.39, 0.29) is 17.6 Å². The van der Waals surface area contributed by atoms with Crippen LogP contribution in [0.2, 0.25) is 0 Å². The number of carbonyl (C=O) groups is 1. The molecule has 0 saturated heterocycles. The van der Waals surface area contributed by atoms with Gasteiger partial charge >= 0.3 is 0 Å². The summed E-state index contributed by atoms with van der Waals surface area (Å²) in [6, 6.07) is 19.3. The Kier molecular flexibility index (Phi) is 3.15. The van der Waals surface area contributed by atoms with Crippen molar-refractivity contribution in [2.45, 2.75) is 6.54 Å². The fraction of sp³-hybridized carbons (Fsp3) is 0.0476. The lowest BCUT2D eigenvalue weighted by Gasteiger charge is -2.15. The first kappa shape index (κ1) is 14.8. The quantitative estimate of drug-likeness (QED) is 0.525. The summed E-state index contributed by atoms with van der Waals surface area (Å²) in [6.07, 6.45) is 0. The highest BCUT2D eigenvalue weighted by molar-refractivity contribution is 6.10. The molecule has 0 N–H and O–H groups in total. The molecule has 0 bridgehead atoms. The van der Waals surface area contributed by atoms with Gasteiger partial charge in [0.25, 0.3) is 5.91 Å². The van der Waals surface area contributed by atoms with Gasteiger partial charge in [-0.05, 0) is 35.9 Å². The van der Waals surface area contributed by atoms with E-state index in [2.05, 4.69) is 4.98 Å². The minimum absolute atomic E-state index is 0.0335. The Hall–Kier alpha value is -3.47. The van der Waals surface area contributed by atoms with E-state index in [4.69, 9.17) is 4.42 Å². The molecular weight excluding hydrogens is 331 g/mol. The van der Waals surface area contributed by atoms with E-state index in [0.717, 1.165) is 16.8 Å². The van der Waals surface area contributed by atoms with Gasteiger partial charge in [-0.3, -0.25) is 4.79 Å². The third-order valence-electron chi connectivity index (χ3n) is 4.61. The highest BCUT2D eigenvalue weighted by atomic mass is 19.1. The van der Waals surface area contributed by atoms with E-state index in [1.807, 2.05) is 30.3 Å². The first-order valence-electron chi connectivity index (χ1n) is 8.26.